The first-order valence-corrected chi connectivity index (χ1v) is 6.85. The zero-order chi connectivity index (χ0) is 13.0. The van der Waals surface area contributed by atoms with Gasteiger partial charge >= 0.3 is 7.12 Å². The van der Waals surface area contributed by atoms with Crippen molar-refractivity contribution in [1.29, 1.82) is 0 Å². The van der Waals surface area contributed by atoms with Gasteiger partial charge in [0.15, 0.2) is 0 Å². The highest BCUT2D eigenvalue weighted by molar-refractivity contribution is 7.98. The summed E-state index contributed by atoms with van der Waals surface area (Å²) in [5, 5.41) is 18.7. The van der Waals surface area contributed by atoms with Crippen LogP contribution in [0.1, 0.15) is 5.56 Å². The summed E-state index contributed by atoms with van der Waals surface area (Å²) in [4.78, 5) is 1.12. The number of hydrogen-bond donors (Lipinski definition) is 2. The molecule has 0 saturated carbocycles. The summed E-state index contributed by atoms with van der Waals surface area (Å²) < 4.78 is 0. The predicted octanol–water partition coefficient (Wildman–Crippen LogP) is 2.31. The van der Waals surface area contributed by atoms with Gasteiger partial charge in [0.1, 0.15) is 0 Å². The van der Waals surface area contributed by atoms with Crippen LogP contribution in [0.15, 0.2) is 53.4 Å². The van der Waals surface area contributed by atoms with Gasteiger partial charge in [-0.2, -0.15) is 0 Å². The molecule has 0 aliphatic carbocycles. The van der Waals surface area contributed by atoms with Crippen LogP contribution in [0, 0.1) is 0 Å². The van der Waals surface area contributed by atoms with Gasteiger partial charge in [-0.1, -0.05) is 41.9 Å². The van der Waals surface area contributed by atoms with E-state index < -0.39 is 7.12 Å². The van der Waals surface area contributed by atoms with Crippen LogP contribution in [0.5, 0.6) is 0 Å². The number of thioether (sulfide) groups is 1. The first-order valence-electron chi connectivity index (χ1n) is 5.48. The molecule has 0 aromatic heterocycles. The summed E-state index contributed by atoms with van der Waals surface area (Å²) in [7, 11) is -1.40. The van der Waals surface area contributed by atoms with Gasteiger partial charge in [-0.05, 0) is 29.2 Å². The number of hydrogen-bond acceptors (Lipinski definition) is 3. The highest BCUT2D eigenvalue weighted by atomic mass is 35.5. The molecule has 0 atom stereocenters. The second-order valence-electron chi connectivity index (χ2n) is 3.86. The quantitative estimate of drug-likeness (QED) is 0.666. The van der Waals surface area contributed by atoms with Gasteiger partial charge in [0, 0.05) is 15.7 Å². The molecule has 5 heteroatoms. The lowest BCUT2D eigenvalue weighted by Crippen LogP contribution is -2.29. The van der Waals surface area contributed by atoms with Crippen LogP contribution in [0.2, 0.25) is 5.02 Å². The summed E-state index contributed by atoms with van der Waals surface area (Å²) >= 11 is 7.61. The van der Waals surface area contributed by atoms with E-state index in [1.165, 1.54) is 0 Å². The van der Waals surface area contributed by atoms with Crippen molar-refractivity contribution >= 4 is 35.9 Å². The van der Waals surface area contributed by atoms with E-state index in [-0.39, 0.29) is 0 Å². The van der Waals surface area contributed by atoms with Crippen LogP contribution in [0.3, 0.4) is 0 Å². The first-order chi connectivity index (χ1) is 8.65. The lowest BCUT2D eigenvalue weighted by atomic mass is 9.80. The Balaban J connectivity index is 1.98. The monoisotopic (exact) mass is 278 g/mol. The summed E-state index contributed by atoms with van der Waals surface area (Å²) in [6.07, 6.45) is 0. The van der Waals surface area contributed by atoms with E-state index in [9.17, 15) is 0 Å². The van der Waals surface area contributed by atoms with E-state index in [1.807, 2.05) is 36.4 Å². The maximum absolute atomic E-state index is 8.99. The Labute approximate surface area is 116 Å². The zero-order valence-corrected chi connectivity index (χ0v) is 11.2. The molecule has 0 aliphatic heterocycles. The lowest BCUT2D eigenvalue weighted by Gasteiger charge is -2.04. The van der Waals surface area contributed by atoms with Crippen LogP contribution in [-0.4, -0.2) is 17.2 Å². The van der Waals surface area contributed by atoms with Crippen molar-refractivity contribution in [3.63, 3.8) is 0 Å². The third-order valence-corrected chi connectivity index (χ3v) is 3.78. The molecule has 2 rings (SSSR count). The molecule has 0 amide bonds. The maximum Gasteiger partial charge on any atom is 0.488 e. The van der Waals surface area contributed by atoms with Gasteiger partial charge in [0.2, 0.25) is 0 Å². The van der Waals surface area contributed by atoms with Crippen molar-refractivity contribution in [2.45, 2.75) is 10.6 Å². The Kier molecular flexibility index (Phi) is 4.72. The Hall–Kier alpha value is -0.935. The standard InChI is InChI=1S/C13H12BClO2S/c15-12-2-1-3-13(8-12)18-9-10-4-6-11(7-5-10)14(16)17/h1-8,16-17H,9H2. The molecule has 0 heterocycles. The topological polar surface area (TPSA) is 40.5 Å². The molecule has 2 N–H and O–H groups in total. The average Bonchev–Trinajstić information content (AvgIpc) is 2.37. The van der Waals surface area contributed by atoms with Crippen molar-refractivity contribution in [2.24, 2.45) is 0 Å². The number of rotatable bonds is 4. The van der Waals surface area contributed by atoms with E-state index in [1.54, 1.807) is 23.9 Å². The van der Waals surface area contributed by atoms with Gasteiger partial charge in [-0.15, -0.1) is 11.8 Å². The van der Waals surface area contributed by atoms with Gasteiger partial charge in [-0.3, -0.25) is 0 Å². The maximum atomic E-state index is 8.99. The second-order valence-corrected chi connectivity index (χ2v) is 5.35. The lowest BCUT2D eigenvalue weighted by molar-refractivity contribution is 0.426. The Morgan fingerprint density at radius 3 is 2.39 bits per heavy atom. The van der Waals surface area contributed by atoms with E-state index in [4.69, 9.17) is 21.6 Å². The molecule has 0 bridgehead atoms. The van der Waals surface area contributed by atoms with Crippen LogP contribution in [0.25, 0.3) is 0 Å². The molecular formula is C13H12BClO2S. The molecule has 0 unspecified atom stereocenters. The van der Waals surface area contributed by atoms with Crippen molar-refractivity contribution in [3.8, 4) is 0 Å². The molecule has 18 heavy (non-hydrogen) atoms. The Morgan fingerprint density at radius 2 is 1.78 bits per heavy atom. The number of benzene rings is 2. The Bertz CT molecular complexity index is 517. The fourth-order valence-electron chi connectivity index (χ4n) is 1.51. The molecule has 0 aliphatic rings. The molecular weight excluding hydrogens is 266 g/mol. The van der Waals surface area contributed by atoms with E-state index in [0.717, 1.165) is 21.2 Å². The Morgan fingerprint density at radius 1 is 1.06 bits per heavy atom. The minimum absolute atomic E-state index is 0.506. The molecule has 2 aromatic rings. The van der Waals surface area contributed by atoms with Crippen molar-refractivity contribution in [1.82, 2.24) is 0 Å². The molecule has 2 nitrogen and oxygen atoms in total. The fraction of sp³-hybridized carbons (Fsp3) is 0.0769. The van der Waals surface area contributed by atoms with Crippen molar-refractivity contribution in [3.05, 3.63) is 59.1 Å². The summed E-state index contributed by atoms with van der Waals surface area (Å²) in [5.41, 5.74) is 1.64. The van der Waals surface area contributed by atoms with Crippen LogP contribution in [0.4, 0.5) is 0 Å². The second kappa shape index (κ2) is 6.30. The minimum Gasteiger partial charge on any atom is -0.423 e. The molecule has 0 spiro atoms. The first kappa shape index (κ1) is 13.5. The molecule has 0 radical (unpaired) electrons. The third-order valence-electron chi connectivity index (χ3n) is 2.48. The van der Waals surface area contributed by atoms with Crippen molar-refractivity contribution < 1.29 is 10.0 Å². The summed E-state index contributed by atoms with van der Waals surface area (Å²) in [6.45, 7) is 0. The molecule has 92 valence electrons. The highest BCUT2D eigenvalue weighted by Gasteiger charge is 2.09. The SMILES string of the molecule is OB(O)c1ccc(CSc2cccc(Cl)c2)cc1. The minimum atomic E-state index is -1.40. The predicted molar refractivity (Wildman–Crippen MR) is 77.3 cm³/mol. The van der Waals surface area contributed by atoms with E-state index in [2.05, 4.69) is 0 Å². The molecule has 2 aromatic carbocycles. The highest BCUT2D eigenvalue weighted by Crippen LogP contribution is 2.24. The summed E-state index contributed by atoms with van der Waals surface area (Å²) in [5.74, 6) is 0.822. The fourth-order valence-corrected chi connectivity index (χ4v) is 2.68. The van der Waals surface area contributed by atoms with E-state index in [0.29, 0.717) is 5.46 Å². The largest absolute Gasteiger partial charge is 0.488 e. The number of halogens is 1. The average molecular weight is 279 g/mol. The zero-order valence-electron chi connectivity index (χ0n) is 9.58. The van der Waals surface area contributed by atoms with Crippen molar-refractivity contribution in [2.75, 3.05) is 0 Å². The smallest absolute Gasteiger partial charge is 0.423 e. The molecule has 0 fully saturated rings. The van der Waals surface area contributed by atoms with Gasteiger partial charge < -0.3 is 10.0 Å². The molecule has 0 saturated heterocycles. The van der Waals surface area contributed by atoms with Crippen LogP contribution in [-0.2, 0) is 5.75 Å². The van der Waals surface area contributed by atoms with Crippen LogP contribution < -0.4 is 5.46 Å². The van der Waals surface area contributed by atoms with E-state index >= 15 is 0 Å². The third kappa shape index (κ3) is 3.78. The van der Waals surface area contributed by atoms with Gasteiger partial charge in [0.05, 0.1) is 0 Å². The van der Waals surface area contributed by atoms with Gasteiger partial charge in [0.25, 0.3) is 0 Å². The van der Waals surface area contributed by atoms with Crippen LogP contribution >= 0.6 is 23.4 Å². The van der Waals surface area contributed by atoms with Gasteiger partial charge in [-0.25, -0.2) is 0 Å². The summed E-state index contributed by atoms with van der Waals surface area (Å²) in [6, 6.07) is 15.0. The normalized spacial score (nSPS) is 10.4.